The van der Waals surface area contributed by atoms with Crippen molar-refractivity contribution in [3.8, 4) is 0 Å². The molecule has 0 atom stereocenters. The van der Waals surface area contributed by atoms with Gasteiger partial charge in [-0.3, -0.25) is 10.1 Å². The van der Waals surface area contributed by atoms with Crippen LogP contribution in [-0.2, 0) is 10.0 Å². The van der Waals surface area contributed by atoms with Crippen molar-refractivity contribution >= 4 is 15.7 Å². The SMILES string of the molecule is Cc1cc(S(=O)(=O)N(C)CC(F)F)ccc1[N+](=O)[O-]. The summed E-state index contributed by atoms with van der Waals surface area (Å²) in [5, 5.41) is 10.6. The third-order valence-electron chi connectivity index (χ3n) is 2.47. The number of nitro benzene ring substituents is 1. The number of alkyl halides is 2. The Labute approximate surface area is 108 Å². The molecule has 0 radical (unpaired) electrons. The van der Waals surface area contributed by atoms with Gasteiger partial charge < -0.3 is 0 Å². The van der Waals surface area contributed by atoms with E-state index in [1.54, 1.807) is 0 Å². The molecular weight excluding hydrogens is 282 g/mol. The lowest BCUT2D eigenvalue weighted by Crippen LogP contribution is -2.31. The largest absolute Gasteiger partial charge is 0.272 e. The monoisotopic (exact) mass is 294 g/mol. The van der Waals surface area contributed by atoms with E-state index < -0.39 is 27.9 Å². The Hall–Kier alpha value is -1.61. The Morgan fingerprint density at radius 1 is 1.42 bits per heavy atom. The van der Waals surface area contributed by atoms with E-state index in [0.717, 1.165) is 25.2 Å². The number of sulfonamides is 1. The van der Waals surface area contributed by atoms with E-state index in [1.807, 2.05) is 0 Å². The Morgan fingerprint density at radius 2 is 2.00 bits per heavy atom. The van der Waals surface area contributed by atoms with Gasteiger partial charge in [0, 0.05) is 18.7 Å². The highest BCUT2D eigenvalue weighted by atomic mass is 32.2. The Kier molecular flexibility index (Phi) is 4.53. The predicted molar refractivity (Wildman–Crippen MR) is 63.7 cm³/mol. The van der Waals surface area contributed by atoms with Gasteiger partial charge in [0.05, 0.1) is 16.4 Å². The molecule has 0 N–H and O–H groups in total. The quantitative estimate of drug-likeness (QED) is 0.612. The molecule has 1 rings (SSSR count). The number of aryl methyl sites for hydroxylation is 1. The van der Waals surface area contributed by atoms with Gasteiger partial charge in [-0.05, 0) is 19.1 Å². The summed E-state index contributed by atoms with van der Waals surface area (Å²) >= 11 is 0. The smallest absolute Gasteiger partial charge is 0.258 e. The molecule has 0 aromatic heterocycles. The van der Waals surface area contributed by atoms with Crippen LogP contribution in [0.4, 0.5) is 14.5 Å². The minimum absolute atomic E-state index is 0.150. The molecule has 0 fully saturated rings. The molecule has 106 valence electrons. The topological polar surface area (TPSA) is 80.5 Å². The summed E-state index contributed by atoms with van der Waals surface area (Å²) in [6.07, 6.45) is -2.79. The number of nitro groups is 1. The standard InChI is InChI=1S/C10H12F2N2O4S/c1-7-5-8(3-4-9(7)14(15)16)19(17,18)13(2)6-10(11)12/h3-5,10H,6H2,1-2H3. The van der Waals surface area contributed by atoms with E-state index in [2.05, 4.69) is 0 Å². The van der Waals surface area contributed by atoms with Crippen LogP contribution in [0.25, 0.3) is 0 Å². The van der Waals surface area contributed by atoms with Crippen LogP contribution in [0.15, 0.2) is 23.1 Å². The van der Waals surface area contributed by atoms with Crippen molar-refractivity contribution in [3.05, 3.63) is 33.9 Å². The molecule has 0 saturated heterocycles. The second-order valence-electron chi connectivity index (χ2n) is 3.88. The molecule has 1 aromatic carbocycles. The maximum atomic E-state index is 12.2. The molecule has 0 unspecified atom stereocenters. The summed E-state index contributed by atoms with van der Waals surface area (Å²) in [7, 11) is -3.04. The molecule has 0 aliphatic carbocycles. The molecule has 6 nitrogen and oxygen atoms in total. The molecule has 9 heteroatoms. The molecule has 0 bridgehead atoms. The maximum absolute atomic E-state index is 12.2. The van der Waals surface area contributed by atoms with E-state index in [0.29, 0.717) is 4.31 Å². The summed E-state index contributed by atoms with van der Waals surface area (Å²) in [5.74, 6) is 0. The highest BCUT2D eigenvalue weighted by Crippen LogP contribution is 2.23. The molecule has 0 spiro atoms. The fraction of sp³-hybridized carbons (Fsp3) is 0.400. The summed E-state index contributed by atoms with van der Waals surface area (Å²) in [6, 6.07) is 3.16. The summed E-state index contributed by atoms with van der Waals surface area (Å²) < 4.78 is 48.7. The molecule has 0 heterocycles. The van der Waals surface area contributed by atoms with Gasteiger partial charge in [0.1, 0.15) is 0 Å². The van der Waals surface area contributed by atoms with E-state index in [1.165, 1.54) is 6.92 Å². The van der Waals surface area contributed by atoms with Crippen molar-refractivity contribution < 1.29 is 22.1 Å². The fourth-order valence-corrected chi connectivity index (χ4v) is 2.70. The Bertz CT molecular complexity index is 589. The van der Waals surface area contributed by atoms with Crippen molar-refractivity contribution in [1.82, 2.24) is 4.31 Å². The van der Waals surface area contributed by atoms with Crippen molar-refractivity contribution in [2.45, 2.75) is 18.2 Å². The van der Waals surface area contributed by atoms with Crippen LogP contribution in [0, 0.1) is 17.0 Å². The van der Waals surface area contributed by atoms with Gasteiger partial charge in [0.15, 0.2) is 0 Å². The number of hydrogen-bond donors (Lipinski definition) is 0. The van der Waals surface area contributed by atoms with Crippen molar-refractivity contribution in [1.29, 1.82) is 0 Å². The van der Waals surface area contributed by atoms with Crippen molar-refractivity contribution in [3.63, 3.8) is 0 Å². The summed E-state index contributed by atoms with van der Waals surface area (Å²) in [6.45, 7) is 0.447. The van der Waals surface area contributed by atoms with Crippen LogP contribution in [0.3, 0.4) is 0 Å². The van der Waals surface area contributed by atoms with Gasteiger partial charge in [-0.1, -0.05) is 0 Å². The van der Waals surface area contributed by atoms with Crippen LogP contribution >= 0.6 is 0 Å². The first-order valence-electron chi connectivity index (χ1n) is 5.15. The number of nitrogens with zero attached hydrogens (tertiary/aromatic N) is 2. The van der Waals surface area contributed by atoms with Gasteiger partial charge in [-0.15, -0.1) is 0 Å². The Balaban J connectivity index is 3.16. The number of benzene rings is 1. The van der Waals surface area contributed by atoms with Gasteiger partial charge in [0.2, 0.25) is 10.0 Å². The maximum Gasteiger partial charge on any atom is 0.272 e. The third kappa shape index (κ3) is 3.44. The minimum atomic E-state index is -4.07. The van der Waals surface area contributed by atoms with Crippen molar-refractivity contribution in [2.75, 3.05) is 13.6 Å². The molecule has 1 aromatic rings. The first-order chi connectivity index (χ1) is 8.66. The van der Waals surface area contributed by atoms with E-state index in [-0.39, 0.29) is 16.1 Å². The molecule has 0 aliphatic heterocycles. The van der Waals surface area contributed by atoms with Gasteiger partial charge >= 0.3 is 0 Å². The zero-order valence-electron chi connectivity index (χ0n) is 10.2. The predicted octanol–water partition coefficient (Wildman–Crippen LogP) is 1.79. The molecular formula is C10H12F2N2O4S. The average molecular weight is 294 g/mol. The van der Waals surface area contributed by atoms with Crippen LogP contribution in [0.2, 0.25) is 0 Å². The van der Waals surface area contributed by atoms with Crippen LogP contribution < -0.4 is 0 Å². The normalized spacial score (nSPS) is 12.1. The first kappa shape index (κ1) is 15.4. The minimum Gasteiger partial charge on any atom is -0.258 e. The van der Waals surface area contributed by atoms with Crippen LogP contribution in [0.5, 0.6) is 0 Å². The lowest BCUT2D eigenvalue weighted by atomic mass is 10.2. The van der Waals surface area contributed by atoms with Gasteiger partial charge in [-0.25, -0.2) is 17.2 Å². The molecule has 0 aliphatic rings. The highest BCUT2D eigenvalue weighted by molar-refractivity contribution is 7.89. The van der Waals surface area contributed by atoms with E-state index in [4.69, 9.17) is 0 Å². The number of halogens is 2. The fourth-order valence-electron chi connectivity index (χ4n) is 1.47. The Morgan fingerprint density at radius 3 is 2.42 bits per heavy atom. The lowest BCUT2D eigenvalue weighted by Gasteiger charge is -2.16. The second-order valence-corrected chi connectivity index (χ2v) is 5.93. The number of rotatable bonds is 5. The van der Waals surface area contributed by atoms with Crippen molar-refractivity contribution in [2.24, 2.45) is 0 Å². The number of hydrogen-bond acceptors (Lipinski definition) is 4. The molecule has 0 amide bonds. The second kappa shape index (κ2) is 5.57. The van der Waals surface area contributed by atoms with Gasteiger partial charge in [0.25, 0.3) is 12.1 Å². The van der Waals surface area contributed by atoms with Crippen LogP contribution in [0.1, 0.15) is 5.56 Å². The third-order valence-corrected chi connectivity index (χ3v) is 4.29. The zero-order valence-corrected chi connectivity index (χ0v) is 11.0. The van der Waals surface area contributed by atoms with Crippen LogP contribution in [-0.4, -0.2) is 37.7 Å². The summed E-state index contributed by atoms with van der Waals surface area (Å²) in [5.41, 5.74) is -0.0769. The highest BCUT2D eigenvalue weighted by Gasteiger charge is 2.25. The zero-order chi connectivity index (χ0) is 14.8. The molecule has 19 heavy (non-hydrogen) atoms. The summed E-state index contributed by atoms with van der Waals surface area (Å²) in [4.78, 5) is 9.71. The van der Waals surface area contributed by atoms with Gasteiger partial charge in [-0.2, -0.15) is 4.31 Å². The lowest BCUT2D eigenvalue weighted by molar-refractivity contribution is -0.385. The average Bonchev–Trinajstić information content (AvgIpc) is 2.27. The van der Waals surface area contributed by atoms with E-state index >= 15 is 0 Å². The molecule has 0 saturated carbocycles. The van der Waals surface area contributed by atoms with E-state index in [9.17, 15) is 27.3 Å². The first-order valence-corrected chi connectivity index (χ1v) is 6.60.